The zero-order chi connectivity index (χ0) is 21.1. The number of nitrogens with zero attached hydrogens (tertiary/aromatic N) is 3. The number of carbonyl (C=O) groups excluding carboxylic acids is 2. The summed E-state index contributed by atoms with van der Waals surface area (Å²) in [5.74, 6) is -0.315. The van der Waals surface area contributed by atoms with Crippen molar-refractivity contribution in [2.75, 3.05) is 32.9 Å². The Morgan fingerprint density at radius 1 is 1.23 bits per heavy atom. The third-order valence-corrected chi connectivity index (χ3v) is 6.20. The summed E-state index contributed by atoms with van der Waals surface area (Å²) in [5.41, 5.74) is 2.96. The maximum absolute atomic E-state index is 12.9. The molecule has 0 spiro atoms. The summed E-state index contributed by atoms with van der Waals surface area (Å²) in [6, 6.07) is 9.44. The van der Waals surface area contributed by atoms with Crippen LogP contribution in [0.15, 0.2) is 57.7 Å². The topological polar surface area (TPSA) is 71.4 Å². The number of morpholine rings is 1. The number of allylic oxidation sites excluding steroid dienone is 1. The molecule has 158 valence electrons. The maximum Gasteiger partial charge on any atom is 0.338 e. The van der Waals surface area contributed by atoms with E-state index in [1.807, 2.05) is 52.5 Å². The van der Waals surface area contributed by atoms with Crippen LogP contribution in [0.4, 0.5) is 0 Å². The minimum Gasteiger partial charge on any atom is -0.463 e. The molecule has 3 heterocycles. The van der Waals surface area contributed by atoms with E-state index in [1.54, 1.807) is 6.92 Å². The molecule has 0 bridgehead atoms. The molecule has 1 atom stereocenters. The van der Waals surface area contributed by atoms with Crippen LogP contribution in [0.25, 0.3) is 0 Å². The lowest BCUT2D eigenvalue weighted by atomic mass is 9.94. The SMILES string of the molecule is CCOC(=O)C1=C(C)N=C2SC=C(CC(=O)N3CCOCC3)N2[C@@H]1c1ccccc1. The largest absolute Gasteiger partial charge is 0.463 e. The number of rotatable bonds is 5. The number of aliphatic imine (C=N–C) groups is 1. The Morgan fingerprint density at radius 2 is 1.97 bits per heavy atom. The number of carbonyl (C=O) groups is 2. The highest BCUT2D eigenvalue weighted by Gasteiger charge is 2.41. The number of hydrogen-bond acceptors (Lipinski definition) is 7. The van der Waals surface area contributed by atoms with Crippen molar-refractivity contribution >= 4 is 28.8 Å². The van der Waals surface area contributed by atoms with Gasteiger partial charge in [-0.25, -0.2) is 9.79 Å². The minimum absolute atomic E-state index is 0.0576. The summed E-state index contributed by atoms with van der Waals surface area (Å²) in [5, 5.41) is 2.74. The van der Waals surface area contributed by atoms with Crippen LogP contribution in [0.5, 0.6) is 0 Å². The fourth-order valence-corrected chi connectivity index (χ4v) is 4.83. The summed E-state index contributed by atoms with van der Waals surface area (Å²) in [4.78, 5) is 34.3. The fraction of sp³-hybridized carbons (Fsp3) is 0.409. The number of esters is 1. The number of benzene rings is 1. The number of thioether (sulfide) groups is 1. The van der Waals surface area contributed by atoms with Gasteiger partial charge in [-0.1, -0.05) is 42.1 Å². The van der Waals surface area contributed by atoms with Gasteiger partial charge in [0.25, 0.3) is 0 Å². The number of fused-ring (bicyclic) bond motifs is 1. The van der Waals surface area contributed by atoms with E-state index in [1.165, 1.54) is 11.8 Å². The number of hydrogen-bond donors (Lipinski definition) is 0. The van der Waals surface area contributed by atoms with E-state index in [4.69, 9.17) is 9.47 Å². The predicted molar refractivity (Wildman–Crippen MR) is 115 cm³/mol. The van der Waals surface area contributed by atoms with Crippen molar-refractivity contribution in [3.05, 3.63) is 58.3 Å². The molecule has 1 aromatic carbocycles. The summed E-state index contributed by atoms with van der Waals surface area (Å²) in [6.07, 6.45) is 0.254. The number of amidine groups is 1. The second-order valence-corrected chi connectivity index (χ2v) is 8.03. The van der Waals surface area contributed by atoms with E-state index in [0.29, 0.717) is 44.2 Å². The van der Waals surface area contributed by atoms with Gasteiger partial charge in [-0.2, -0.15) is 0 Å². The molecule has 8 heteroatoms. The zero-order valence-corrected chi connectivity index (χ0v) is 18.0. The van der Waals surface area contributed by atoms with Crippen molar-refractivity contribution in [3.63, 3.8) is 0 Å². The Hall–Kier alpha value is -2.58. The average Bonchev–Trinajstić information content (AvgIpc) is 3.16. The van der Waals surface area contributed by atoms with Gasteiger partial charge in [0.2, 0.25) is 5.91 Å². The van der Waals surface area contributed by atoms with Gasteiger partial charge in [0.1, 0.15) is 0 Å². The van der Waals surface area contributed by atoms with E-state index in [-0.39, 0.29) is 24.3 Å². The Morgan fingerprint density at radius 3 is 2.67 bits per heavy atom. The van der Waals surface area contributed by atoms with Crippen LogP contribution in [0.2, 0.25) is 0 Å². The van der Waals surface area contributed by atoms with Gasteiger partial charge in [-0.3, -0.25) is 4.79 Å². The van der Waals surface area contributed by atoms with Crippen molar-refractivity contribution in [2.45, 2.75) is 26.3 Å². The molecule has 7 nitrogen and oxygen atoms in total. The Balaban J connectivity index is 1.67. The molecule has 30 heavy (non-hydrogen) atoms. The molecule has 0 unspecified atom stereocenters. The number of amides is 1. The third-order valence-electron chi connectivity index (χ3n) is 5.31. The molecule has 3 aliphatic rings. The van der Waals surface area contributed by atoms with Crippen molar-refractivity contribution < 1.29 is 19.1 Å². The number of ether oxygens (including phenoxy) is 2. The van der Waals surface area contributed by atoms with Crippen molar-refractivity contribution in [1.29, 1.82) is 0 Å². The third kappa shape index (κ3) is 4.02. The first-order valence-corrected chi connectivity index (χ1v) is 11.0. The lowest BCUT2D eigenvalue weighted by Gasteiger charge is -2.37. The highest BCUT2D eigenvalue weighted by atomic mass is 32.2. The quantitative estimate of drug-likeness (QED) is 0.673. The lowest BCUT2D eigenvalue weighted by molar-refractivity contribution is -0.139. The van der Waals surface area contributed by atoms with Crippen LogP contribution in [-0.2, 0) is 19.1 Å². The van der Waals surface area contributed by atoms with Gasteiger partial charge in [0.05, 0.1) is 43.6 Å². The first-order valence-electron chi connectivity index (χ1n) is 10.1. The second kappa shape index (κ2) is 9.06. The van der Waals surface area contributed by atoms with Crippen LogP contribution in [0, 0.1) is 0 Å². The van der Waals surface area contributed by atoms with Gasteiger partial charge >= 0.3 is 5.97 Å². The summed E-state index contributed by atoms with van der Waals surface area (Å²) in [6.45, 7) is 6.27. The van der Waals surface area contributed by atoms with Crippen LogP contribution < -0.4 is 0 Å². The van der Waals surface area contributed by atoms with E-state index >= 15 is 0 Å². The molecule has 0 aromatic heterocycles. The predicted octanol–water partition coefficient (Wildman–Crippen LogP) is 3.07. The molecule has 4 rings (SSSR count). The van der Waals surface area contributed by atoms with E-state index in [9.17, 15) is 9.59 Å². The molecule has 1 saturated heterocycles. The smallest absolute Gasteiger partial charge is 0.338 e. The van der Waals surface area contributed by atoms with Crippen molar-refractivity contribution in [2.24, 2.45) is 4.99 Å². The van der Waals surface area contributed by atoms with Gasteiger partial charge in [-0.05, 0) is 24.8 Å². The van der Waals surface area contributed by atoms with Crippen molar-refractivity contribution in [3.8, 4) is 0 Å². The minimum atomic E-state index is -0.378. The molecular formula is C22H25N3O4S. The monoisotopic (exact) mass is 427 g/mol. The van der Waals surface area contributed by atoms with Gasteiger partial charge < -0.3 is 19.3 Å². The van der Waals surface area contributed by atoms with Gasteiger partial charge in [0.15, 0.2) is 5.17 Å². The molecule has 0 aliphatic carbocycles. The fourth-order valence-electron chi connectivity index (χ4n) is 3.87. The Labute approximate surface area is 180 Å². The molecule has 1 fully saturated rings. The average molecular weight is 428 g/mol. The molecule has 1 aromatic rings. The van der Waals surface area contributed by atoms with Crippen LogP contribution in [0.3, 0.4) is 0 Å². The summed E-state index contributed by atoms with van der Waals surface area (Å²) >= 11 is 1.48. The van der Waals surface area contributed by atoms with Gasteiger partial charge in [-0.15, -0.1) is 0 Å². The molecule has 0 radical (unpaired) electrons. The normalized spacial score (nSPS) is 21.2. The molecule has 0 N–H and O–H groups in total. The first kappa shape index (κ1) is 20.7. The lowest BCUT2D eigenvalue weighted by Crippen LogP contribution is -2.42. The molecule has 3 aliphatic heterocycles. The molecule has 1 amide bonds. The zero-order valence-electron chi connectivity index (χ0n) is 17.2. The highest BCUT2D eigenvalue weighted by Crippen LogP contribution is 2.44. The Bertz CT molecular complexity index is 920. The van der Waals surface area contributed by atoms with E-state index < -0.39 is 0 Å². The standard InChI is InChI=1S/C22H25N3O4S/c1-3-29-21(27)19-15(2)23-22-25(20(19)16-7-5-4-6-8-16)17(14-30-22)13-18(26)24-9-11-28-12-10-24/h4-8,14,20H,3,9-13H2,1-2H3/t20-/m1/s1. The van der Waals surface area contributed by atoms with Crippen LogP contribution in [-0.4, -0.2) is 59.8 Å². The highest BCUT2D eigenvalue weighted by molar-refractivity contribution is 8.16. The summed E-state index contributed by atoms with van der Waals surface area (Å²) in [7, 11) is 0. The first-order chi connectivity index (χ1) is 14.6. The summed E-state index contributed by atoms with van der Waals surface area (Å²) < 4.78 is 10.7. The van der Waals surface area contributed by atoms with Crippen LogP contribution >= 0.6 is 11.8 Å². The molecular weight excluding hydrogens is 402 g/mol. The van der Waals surface area contributed by atoms with E-state index in [0.717, 1.165) is 16.4 Å². The van der Waals surface area contributed by atoms with Crippen molar-refractivity contribution in [1.82, 2.24) is 9.80 Å². The Kier molecular flexibility index (Phi) is 6.24. The molecule has 0 saturated carbocycles. The van der Waals surface area contributed by atoms with E-state index in [2.05, 4.69) is 4.99 Å². The van der Waals surface area contributed by atoms with Crippen LogP contribution in [0.1, 0.15) is 31.9 Å². The maximum atomic E-state index is 12.9. The second-order valence-electron chi connectivity index (χ2n) is 7.19. The van der Waals surface area contributed by atoms with Gasteiger partial charge in [0, 0.05) is 18.8 Å².